The van der Waals surface area contributed by atoms with Gasteiger partial charge in [0.25, 0.3) is 5.91 Å². The van der Waals surface area contributed by atoms with Crippen LogP contribution in [0.3, 0.4) is 0 Å². The smallest absolute Gasteiger partial charge is 0.251 e. The maximum Gasteiger partial charge on any atom is 0.251 e. The van der Waals surface area contributed by atoms with Crippen molar-refractivity contribution in [1.82, 2.24) is 14.9 Å². The minimum absolute atomic E-state index is 0.0000997. The van der Waals surface area contributed by atoms with Gasteiger partial charge in [-0.2, -0.15) is 0 Å². The van der Waals surface area contributed by atoms with E-state index in [0.717, 1.165) is 23.4 Å². The highest BCUT2D eigenvalue weighted by Crippen LogP contribution is 2.29. The van der Waals surface area contributed by atoms with Crippen molar-refractivity contribution in [3.63, 3.8) is 0 Å². The van der Waals surface area contributed by atoms with Crippen molar-refractivity contribution >= 4 is 11.6 Å². The van der Waals surface area contributed by atoms with Crippen LogP contribution >= 0.6 is 0 Å². The molecule has 1 amide bonds. The molecule has 3 aromatic rings. The molecule has 0 aliphatic carbocycles. The Morgan fingerprint density at radius 3 is 2.69 bits per heavy atom. The number of carbonyl (C=O) groups is 1. The molecule has 0 spiro atoms. The van der Waals surface area contributed by atoms with E-state index in [1.807, 2.05) is 13.8 Å². The number of carbonyl (C=O) groups excluding carboxylic acids is 1. The van der Waals surface area contributed by atoms with Crippen molar-refractivity contribution in [2.24, 2.45) is 0 Å². The van der Waals surface area contributed by atoms with Gasteiger partial charge in [0.1, 0.15) is 11.6 Å². The van der Waals surface area contributed by atoms with Crippen molar-refractivity contribution in [1.29, 1.82) is 0 Å². The Bertz CT molecular complexity index is 1150. The van der Waals surface area contributed by atoms with Gasteiger partial charge in [0.15, 0.2) is 0 Å². The number of nitrogens with two attached hydrogens (primary N) is 1. The van der Waals surface area contributed by atoms with E-state index in [4.69, 9.17) is 15.5 Å². The highest BCUT2D eigenvalue weighted by molar-refractivity contribution is 5.95. The SMILES string of the molecule is CC(C)Oc1ccc(C(=O)N[C@H](CCO)Cc2ccc(-c3cn4c(n3)C(C)CCC4)cc2)cc1N. The van der Waals surface area contributed by atoms with Crippen LogP contribution in [0, 0.1) is 0 Å². The summed E-state index contributed by atoms with van der Waals surface area (Å²) in [6.45, 7) is 7.12. The summed E-state index contributed by atoms with van der Waals surface area (Å²) in [4.78, 5) is 17.7. The number of amides is 1. The number of imidazole rings is 1. The van der Waals surface area contributed by atoms with Gasteiger partial charge in [0, 0.05) is 42.4 Å². The fraction of sp³-hybridized carbons (Fsp3) is 0.429. The maximum atomic E-state index is 12.9. The summed E-state index contributed by atoms with van der Waals surface area (Å²) in [5.74, 6) is 2.01. The standard InChI is InChI=1S/C28H36N4O3/c1-18(2)35-26-11-10-22(16-24(26)29)28(34)30-23(12-14-33)15-20-6-8-21(9-7-20)25-17-32-13-4-5-19(3)27(32)31-25/h6-11,16-19,23,33H,4-5,12-15,29H2,1-3H3,(H,30,34)/t19?,23-/m1/s1. The topological polar surface area (TPSA) is 102 Å². The average Bonchev–Trinajstić information content (AvgIpc) is 3.26. The second-order valence-electron chi connectivity index (χ2n) is 9.72. The third kappa shape index (κ3) is 6.03. The summed E-state index contributed by atoms with van der Waals surface area (Å²) in [6.07, 6.45) is 5.62. The number of fused-ring (bicyclic) bond motifs is 1. The molecule has 0 radical (unpaired) electrons. The van der Waals surface area contributed by atoms with Crippen LogP contribution in [0.25, 0.3) is 11.3 Å². The highest BCUT2D eigenvalue weighted by Gasteiger charge is 2.20. The molecule has 35 heavy (non-hydrogen) atoms. The predicted molar refractivity (Wildman–Crippen MR) is 139 cm³/mol. The summed E-state index contributed by atoms with van der Waals surface area (Å²) < 4.78 is 7.93. The number of aromatic nitrogens is 2. The Hall–Kier alpha value is -3.32. The van der Waals surface area contributed by atoms with Crippen molar-refractivity contribution in [2.45, 2.75) is 71.1 Å². The van der Waals surface area contributed by atoms with Crippen LogP contribution in [0.15, 0.2) is 48.7 Å². The summed E-state index contributed by atoms with van der Waals surface area (Å²) in [6, 6.07) is 13.2. The van der Waals surface area contributed by atoms with Crippen LogP contribution < -0.4 is 15.8 Å². The van der Waals surface area contributed by atoms with Gasteiger partial charge in [-0.05, 0) is 63.3 Å². The lowest BCUT2D eigenvalue weighted by molar-refractivity contribution is 0.0930. The number of aliphatic hydroxyl groups is 1. The number of aliphatic hydroxyl groups excluding tert-OH is 1. The number of nitrogen functional groups attached to an aromatic ring is 1. The van der Waals surface area contributed by atoms with Crippen molar-refractivity contribution < 1.29 is 14.6 Å². The molecule has 1 aromatic heterocycles. The van der Waals surface area contributed by atoms with Gasteiger partial charge in [-0.1, -0.05) is 31.2 Å². The Balaban J connectivity index is 1.42. The quantitative estimate of drug-likeness (QED) is 0.394. The number of rotatable bonds is 9. The number of nitrogens with zero attached hydrogens (tertiary/aromatic N) is 2. The molecular formula is C28H36N4O3. The summed E-state index contributed by atoms with van der Waals surface area (Å²) in [7, 11) is 0. The number of aryl methyl sites for hydroxylation is 1. The molecular weight excluding hydrogens is 440 g/mol. The molecule has 4 rings (SSSR count). The molecule has 1 unspecified atom stereocenters. The van der Waals surface area contributed by atoms with E-state index in [9.17, 15) is 9.90 Å². The molecule has 0 saturated heterocycles. The Labute approximate surface area is 207 Å². The fourth-order valence-corrected chi connectivity index (χ4v) is 4.64. The third-order valence-corrected chi connectivity index (χ3v) is 6.46. The van der Waals surface area contributed by atoms with Crippen molar-refractivity contribution in [3.05, 3.63) is 65.6 Å². The van der Waals surface area contributed by atoms with Gasteiger partial charge in [-0.3, -0.25) is 4.79 Å². The summed E-state index contributed by atoms with van der Waals surface area (Å²) in [5, 5.41) is 12.6. The molecule has 2 atom stereocenters. The van der Waals surface area contributed by atoms with Gasteiger partial charge in [0.05, 0.1) is 17.5 Å². The summed E-state index contributed by atoms with van der Waals surface area (Å²) >= 11 is 0. The highest BCUT2D eigenvalue weighted by atomic mass is 16.5. The number of benzene rings is 2. The van der Waals surface area contributed by atoms with Crippen molar-refractivity contribution in [3.8, 4) is 17.0 Å². The zero-order valence-corrected chi connectivity index (χ0v) is 20.8. The van der Waals surface area contributed by atoms with E-state index >= 15 is 0 Å². The molecule has 2 heterocycles. The number of anilines is 1. The largest absolute Gasteiger partial charge is 0.489 e. The van der Waals surface area contributed by atoms with Crippen LogP contribution in [-0.2, 0) is 13.0 Å². The minimum atomic E-state index is -0.222. The van der Waals surface area contributed by atoms with E-state index in [2.05, 4.69) is 47.3 Å². The minimum Gasteiger partial charge on any atom is -0.489 e. The monoisotopic (exact) mass is 476 g/mol. The second kappa shape index (κ2) is 11.0. The first-order chi connectivity index (χ1) is 16.8. The molecule has 0 fully saturated rings. The normalized spacial score (nSPS) is 16.1. The van der Waals surface area contributed by atoms with E-state index < -0.39 is 0 Å². The van der Waals surface area contributed by atoms with E-state index in [1.54, 1.807) is 18.2 Å². The van der Waals surface area contributed by atoms with E-state index in [1.165, 1.54) is 18.7 Å². The Kier molecular flexibility index (Phi) is 7.76. The number of hydrogen-bond acceptors (Lipinski definition) is 5. The first kappa shape index (κ1) is 24.8. The molecule has 4 N–H and O–H groups in total. The Morgan fingerprint density at radius 1 is 1.26 bits per heavy atom. The Morgan fingerprint density at radius 2 is 2.03 bits per heavy atom. The van der Waals surface area contributed by atoms with Crippen LogP contribution in [-0.4, -0.2) is 39.3 Å². The van der Waals surface area contributed by atoms with Gasteiger partial charge in [-0.15, -0.1) is 0 Å². The van der Waals surface area contributed by atoms with Gasteiger partial charge in [-0.25, -0.2) is 4.98 Å². The molecule has 0 bridgehead atoms. The molecule has 1 aliphatic heterocycles. The van der Waals surface area contributed by atoms with Crippen LogP contribution in [0.4, 0.5) is 5.69 Å². The number of nitrogens with one attached hydrogen (secondary N) is 1. The summed E-state index contributed by atoms with van der Waals surface area (Å²) in [5.41, 5.74) is 10.1. The molecule has 7 heteroatoms. The predicted octanol–water partition coefficient (Wildman–Crippen LogP) is 4.54. The van der Waals surface area contributed by atoms with Crippen LogP contribution in [0.2, 0.25) is 0 Å². The van der Waals surface area contributed by atoms with Gasteiger partial charge < -0.3 is 25.5 Å². The maximum absolute atomic E-state index is 12.9. The fourth-order valence-electron chi connectivity index (χ4n) is 4.64. The zero-order chi connectivity index (χ0) is 24.9. The third-order valence-electron chi connectivity index (χ3n) is 6.46. The zero-order valence-electron chi connectivity index (χ0n) is 20.8. The lowest BCUT2D eigenvalue weighted by Gasteiger charge is -2.19. The number of ether oxygens (including phenoxy) is 1. The van der Waals surface area contributed by atoms with Gasteiger partial charge >= 0.3 is 0 Å². The molecule has 1 aliphatic rings. The molecule has 2 aromatic carbocycles. The van der Waals surface area contributed by atoms with Crippen LogP contribution in [0.1, 0.15) is 67.7 Å². The first-order valence-corrected chi connectivity index (χ1v) is 12.5. The molecule has 7 nitrogen and oxygen atoms in total. The first-order valence-electron chi connectivity index (χ1n) is 12.5. The van der Waals surface area contributed by atoms with E-state index in [-0.39, 0.29) is 24.7 Å². The van der Waals surface area contributed by atoms with Crippen molar-refractivity contribution in [2.75, 3.05) is 12.3 Å². The van der Waals surface area contributed by atoms with Gasteiger partial charge in [0.2, 0.25) is 0 Å². The second-order valence-corrected chi connectivity index (χ2v) is 9.72. The molecule has 186 valence electrons. The average molecular weight is 477 g/mol. The van der Waals surface area contributed by atoms with Crippen LogP contribution in [0.5, 0.6) is 5.75 Å². The lowest BCUT2D eigenvalue weighted by atomic mass is 10.0. The van der Waals surface area contributed by atoms with E-state index in [0.29, 0.717) is 35.8 Å². The lowest BCUT2D eigenvalue weighted by Crippen LogP contribution is -2.37. The number of hydrogen-bond donors (Lipinski definition) is 3. The molecule has 0 saturated carbocycles.